The van der Waals surface area contributed by atoms with Crippen molar-refractivity contribution in [3.05, 3.63) is 99.1 Å². The Bertz CT molecular complexity index is 3060. The molecule has 4 bridgehead atoms. The second-order valence-corrected chi connectivity index (χ2v) is 25.0. The molecule has 0 spiro atoms. The fourth-order valence-corrected chi connectivity index (χ4v) is 11.7. The molecule has 89 heavy (non-hydrogen) atoms. The van der Waals surface area contributed by atoms with Gasteiger partial charge in [-0.15, -0.1) is 0 Å². The Labute approximate surface area is 534 Å². The van der Waals surface area contributed by atoms with E-state index in [2.05, 4.69) is 38.5 Å². The number of carbonyl (C=O) groups excluding carboxylic acids is 10. The van der Waals surface area contributed by atoms with Crippen molar-refractivity contribution in [2.45, 2.75) is 180 Å². The Morgan fingerprint density at radius 1 is 1.02 bits per heavy atom. The van der Waals surface area contributed by atoms with Gasteiger partial charge < -0.3 is 50.2 Å². The zero-order chi connectivity index (χ0) is 66.2. The Kier molecular flexibility index (Phi) is 26.8. The molecular weight excluding hydrogens is 1240 g/mol. The average Bonchev–Trinajstić information content (AvgIpc) is 1.59. The number of nitrogen functional groups attached to an aromatic ring is 1. The van der Waals surface area contributed by atoms with Crippen LogP contribution in [0.4, 0.5) is 15.3 Å². The summed E-state index contributed by atoms with van der Waals surface area (Å²) < 4.78 is 24.0. The molecule has 0 saturated carbocycles. The van der Waals surface area contributed by atoms with E-state index in [9.17, 15) is 53.1 Å². The number of epoxide rings is 1. The number of hydrogen-bond donors (Lipinski definition) is 7. The van der Waals surface area contributed by atoms with Crippen LogP contribution in [-0.2, 0) is 60.6 Å². The molecule has 3 aliphatic rings. The third kappa shape index (κ3) is 19.6. The lowest BCUT2D eigenvalue weighted by Crippen LogP contribution is -2.63. The number of alkyl halides is 1. The van der Waals surface area contributed by atoms with Gasteiger partial charge in [0.15, 0.2) is 17.3 Å². The summed E-state index contributed by atoms with van der Waals surface area (Å²) >= 11 is 10.1. The number of likely N-dealkylation sites (N-methyl/N-ethyl adjacent to an activating group) is 1. The van der Waals surface area contributed by atoms with Crippen molar-refractivity contribution in [3.8, 4) is 0 Å². The molecule has 0 aromatic heterocycles. The van der Waals surface area contributed by atoms with Crippen LogP contribution in [0.3, 0.4) is 0 Å². The molecule has 0 radical (unpaired) electrons. The number of hydrazine groups is 1. The summed E-state index contributed by atoms with van der Waals surface area (Å²) in [5.74, 6) is -0.437. The molecule has 2 aromatic rings. The normalized spacial score (nSPS) is 23.8. The predicted octanol–water partition coefficient (Wildman–Crippen LogP) is 6.87. The smallest absolute Gasteiger partial charge is 0.409 e. The molecule has 10 atom stereocenters. The highest BCUT2D eigenvalue weighted by molar-refractivity contribution is 9.09. The highest BCUT2D eigenvalue weighted by atomic mass is 79.9. The summed E-state index contributed by atoms with van der Waals surface area (Å²) in [5.41, 5.74) is 7.21. The third-order valence-electron chi connectivity index (χ3n) is 17.0. The number of halogens is 2. The van der Waals surface area contributed by atoms with E-state index in [1.807, 2.05) is 31.4 Å². The lowest BCUT2D eigenvalue weighted by atomic mass is 9.83. The van der Waals surface area contributed by atoms with E-state index in [0.717, 1.165) is 28.9 Å². The van der Waals surface area contributed by atoms with Crippen LogP contribution in [0.1, 0.15) is 150 Å². The highest BCUT2D eigenvalue weighted by Crippen LogP contribution is 2.49. The minimum absolute atomic E-state index is 0.00498. The summed E-state index contributed by atoms with van der Waals surface area (Å²) in [6.07, 6.45) is 3.07. The van der Waals surface area contributed by atoms with Gasteiger partial charge in [-0.05, 0) is 106 Å². The zero-order valence-electron chi connectivity index (χ0n) is 52.6. The Balaban J connectivity index is 1.37. The first kappa shape index (κ1) is 72.9. The molecule has 2 aromatic carbocycles. The van der Waals surface area contributed by atoms with Gasteiger partial charge in [-0.25, -0.2) is 20.2 Å². The van der Waals surface area contributed by atoms with Crippen LogP contribution in [0.25, 0.3) is 0 Å². The monoisotopic (exact) mass is 1320 g/mol. The molecule has 7 amide bonds. The van der Waals surface area contributed by atoms with Crippen LogP contribution in [0.5, 0.6) is 0 Å². The van der Waals surface area contributed by atoms with E-state index in [1.165, 1.54) is 44.2 Å². The zero-order valence-corrected chi connectivity index (χ0v) is 54.9. The summed E-state index contributed by atoms with van der Waals surface area (Å²) in [5, 5.41) is 20.5. The van der Waals surface area contributed by atoms with E-state index in [0.29, 0.717) is 52.9 Å². The molecule has 9 N–H and O–H groups in total. The van der Waals surface area contributed by atoms with Crippen molar-refractivity contribution in [1.82, 2.24) is 26.3 Å². The van der Waals surface area contributed by atoms with Gasteiger partial charge in [0, 0.05) is 88.1 Å². The molecule has 25 heteroatoms. The maximum Gasteiger partial charge on any atom is 0.409 e. The van der Waals surface area contributed by atoms with Gasteiger partial charge in [0.1, 0.15) is 35.7 Å². The SMILES string of the molecule is C=C(CBr)C(=O)CCCCCCC(=O)C[C@H](C(=O)N[C@@H](CCCNC(N)=O)C(=O)Cc1ccc(C(=O)N(C)[C@@H](C)C(=O)O[C@H]2CC(=O)N(C)c3cc(cc(C)c3Cl)C/C(C)=C/C=C/[C@@H](OC)[C@@]3(O)C[C@H](OC(=O)N3)[C@@H](C)[C@@H]3O[C@@]23C)cc1C(=O)NN)C(C)C. The number of esters is 1. The number of ether oxygens (including phenoxy) is 4. The summed E-state index contributed by atoms with van der Waals surface area (Å²) in [6.45, 7) is 15.9. The maximum absolute atomic E-state index is 14.5. The quantitative estimate of drug-likeness (QED) is 0.00701. The molecule has 23 nitrogen and oxygen atoms in total. The largest absolute Gasteiger partial charge is 0.457 e. The van der Waals surface area contributed by atoms with Gasteiger partial charge in [-0.1, -0.05) is 104 Å². The molecule has 3 heterocycles. The number of nitrogens with zero attached hydrogens (tertiary/aromatic N) is 2. The molecule has 2 fully saturated rings. The summed E-state index contributed by atoms with van der Waals surface area (Å²) in [6, 6.07) is 4.33. The van der Waals surface area contributed by atoms with Crippen molar-refractivity contribution in [2.24, 2.45) is 29.3 Å². The number of Topliss-reactive ketones (excluding diaryl/α,β-unsaturated/α-hetero) is 3. The van der Waals surface area contributed by atoms with Crippen molar-refractivity contribution in [3.63, 3.8) is 0 Å². The number of carbonyl (C=O) groups is 10. The lowest BCUT2D eigenvalue weighted by molar-refractivity contribution is -0.158. The van der Waals surface area contributed by atoms with Gasteiger partial charge in [0.25, 0.3) is 11.8 Å². The molecular formula is C64H88BrClN8O15. The molecule has 0 unspecified atom stereocenters. The minimum Gasteiger partial charge on any atom is -0.457 e. The van der Waals surface area contributed by atoms with Crippen LogP contribution in [0.15, 0.2) is 66.3 Å². The van der Waals surface area contributed by atoms with Crippen LogP contribution >= 0.6 is 27.5 Å². The number of anilines is 1. The maximum atomic E-state index is 14.5. The number of unbranched alkanes of at least 4 members (excludes halogenated alkanes) is 3. The standard InChI is InChI=1S/C64H88BrClN8O15/c1-35(2)45(31-44(75)19-14-12-13-15-21-49(76)38(5)34-65)57(79)70-47(20-17-25-69-61(67)83)50(77)30-42-23-24-43(29-46(42)58(80)72-68)59(81)73(9)40(7)60(82)88-53-32-54(78)74(10)48-28-41(27-37(4)55(48)66)26-36(3)18-16-22-52(86-11)64(85)33-51(87-62(84)71-64)39(6)56-63(53,8)89-56/h16,18,22-24,27-29,35,39-40,45,47,51-53,56,85H,5,12-15,17,19-21,25-26,30-34,68H2,1-4,6-11H3,(H,70,79)(H,71,84)(H,72,80)(H3,67,69,83)/b22-16+,36-18+/t39-,40+,45+,47+,51+,52-,53+,56+,63+,64+/m1/s1. The van der Waals surface area contributed by atoms with Crippen molar-refractivity contribution in [1.29, 1.82) is 0 Å². The number of primary amides is 1. The second-order valence-electron chi connectivity index (χ2n) is 24.1. The predicted molar refractivity (Wildman–Crippen MR) is 338 cm³/mol. The number of ketones is 3. The summed E-state index contributed by atoms with van der Waals surface area (Å²) in [4.78, 5) is 138. The first-order valence-electron chi connectivity index (χ1n) is 30.0. The van der Waals surface area contributed by atoms with Gasteiger partial charge >= 0.3 is 18.1 Å². The van der Waals surface area contributed by atoms with E-state index in [1.54, 1.807) is 53.0 Å². The van der Waals surface area contributed by atoms with Gasteiger partial charge in [0.2, 0.25) is 11.8 Å². The third-order valence-corrected chi connectivity index (χ3v) is 18.1. The summed E-state index contributed by atoms with van der Waals surface area (Å²) in [7, 11) is 4.28. The highest BCUT2D eigenvalue weighted by Gasteiger charge is 2.64. The topological polar surface area (TPSA) is 338 Å². The number of urea groups is 1. The van der Waals surface area contributed by atoms with Gasteiger partial charge in [-0.2, -0.15) is 0 Å². The Morgan fingerprint density at radius 3 is 2.35 bits per heavy atom. The minimum atomic E-state index is -1.92. The average molecular weight is 1320 g/mol. The van der Waals surface area contributed by atoms with Crippen LogP contribution in [0.2, 0.25) is 5.02 Å². The molecule has 3 aliphatic heterocycles. The molecule has 2 saturated heterocycles. The lowest BCUT2D eigenvalue weighted by Gasteiger charge is -2.42. The van der Waals surface area contributed by atoms with E-state index in [4.69, 9.17) is 42.1 Å². The second kappa shape index (κ2) is 32.8. The van der Waals surface area contributed by atoms with E-state index in [-0.39, 0.29) is 72.8 Å². The molecule has 5 rings (SSSR count). The van der Waals surface area contributed by atoms with Crippen molar-refractivity contribution >= 4 is 92.3 Å². The Morgan fingerprint density at radius 2 is 1.71 bits per heavy atom. The van der Waals surface area contributed by atoms with Gasteiger partial charge in [0.05, 0.1) is 29.3 Å². The van der Waals surface area contributed by atoms with Crippen LogP contribution < -0.4 is 37.9 Å². The first-order chi connectivity index (χ1) is 41.9. The Hall–Kier alpha value is -6.83. The number of fused-ring (bicyclic) bond motifs is 5. The number of benzene rings is 2. The van der Waals surface area contributed by atoms with Crippen LogP contribution in [-0.4, -0.2) is 150 Å². The number of nitrogens with one attached hydrogen (secondary N) is 4. The number of nitrogens with two attached hydrogens (primary N) is 2. The van der Waals surface area contributed by atoms with E-state index < -0.39 is 120 Å². The number of methoxy groups -OCH3 is 1. The number of allylic oxidation sites excluding steroid dienone is 4. The van der Waals surface area contributed by atoms with Crippen molar-refractivity contribution < 1.29 is 72.0 Å². The number of alkyl carbamates (subject to hydrolysis) is 1. The van der Waals surface area contributed by atoms with Gasteiger partial charge in [-0.3, -0.25) is 44.3 Å². The first-order valence-corrected chi connectivity index (χ1v) is 31.5. The number of aryl methyl sites for hydroxylation is 1. The number of amides is 7. The van der Waals surface area contributed by atoms with Crippen LogP contribution in [0, 0.1) is 24.7 Å². The number of aliphatic hydroxyl groups is 1. The number of hydrogen-bond acceptors (Lipinski definition) is 16. The fraction of sp³-hybridized carbons (Fsp3) is 0.562. The van der Waals surface area contributed by atoms with E-state index >= 15 is 0 Å². The fourth-order valence-electron chi connectivity index (χ4n) is 11.2. The number of rotatable bonds is 27. The van der Waals surface area contributed by atoms with Crippen molar-refractivity contribution in [2.75, 3.05) is 38.0 Å². The molecule has 0 aliphatic carbocycles. The molecule has 488 valence electrons.